The molecule has 8 nitrogen and oxygen atoms in total. The van der Waals surface area contributed by atoms with Crippen molar-refractivity contribution >= 4 is 62.5 Å². The highest BCUT2D eigenvalue weighted by molar-refractivity contribution is 8.00. The number of carbonyl (C=O) groups is 2. The number of allylic oxidation sites excluding steroid dienone is 2. The third-order valence-electron chi connectivity index (χ3n) is 6.18. The lowest BCUT2D eigenvalue weighted by Gasteiger charge is -2.40. The second kappa shape index (κ2) is 11.3. The normalized spacial score (nSPS) is 18.6. The molecule has 2 aliphatic rings. The number of anilines is 3. The molecule has 1 aliphatic heterocycles. The van der Waals surface area contributed by atoms with E-state index in [4.69, 9.17) is 5.14 Å². The Hall–Kier alpha value is -3.51. The van der Waals surface area contributed by atoms with E-state index in [9.17, 15) is 18.0 Å². The highest BCUT2D eigenvalue weighted by atomic mass is 32.2. The van der Waals surface area contributed by atoms with Crippen molar-refractivity contribution in [2.24, 2.45) is 5.14 Å². The first-order valence-corrected chi connectivity index (χ1v) is 15.4. The van der Waals surface area contributed by atoms with Gasteiger partial charge in [-0.3, -0.25) is 9.69 Å². The Bertz CT molecular complexity index is 1570. The van der Waals surface area contributed by atoms with Crippen molar-refractivity contribution < 1.29 is 18.0 Å². The molecular weight excluding hydrogens is 553 g/mol. The van der Waals surface area contributed by atoms with E-state index in [2.05, 4.69) is 16.7 Å². The van der Waals surface area contributed by atoms with Crippen LogP contribution in [0.5, 0.6) is 0 Å². The molecule has 1 heterocycles. The fraction of sp³-hybridized carbons (Fsp3) is 0.143. The minimum atomic E-state index is -3.80. The van der Waals surface area contributed by atoms with Crippen LogP contribution in [0, 0.1) is 0 Å². The van der Waals surface area contributed by atoms with Gasteiger partial charge in [-0.25, -0.2) is 18.4 Å². The number of rotatable bonds is 6. The summed E-state index contributed by atoms with van der Waals surface area (Å²) in [4.78, 5) is 29.9. The van der Waals surface area contributed by atoms with Gasteiger partial charge in [-0.2, -0.15) is 0 Å². The number of para-hydroxylation sites is 1. The van der Waals surface area contributed by atoms with Crippen LogP contribution in [0.25, 0.3) is 0 Å². The minimum Gasteiger partial charge on any atom is -0.325 e. The lowest BCUT2D eigenvalue weighted by atomic mass is 10.1. The Kier molecular flexibility index (Phi) is 7.85. The molecule has 0 saturated carbocycles. The van der Waals surface area contributed by atoms with Crippen LogP contribution < -0.4 is 20.7 Å². The molecule has 11 heteroatoms. The molecule has 3 aromatic rings. The zero-order chi connectivity index (χ0) is 27.6. The average molecular weight is 579 g/mol. The Morgan fingerprint density at radius 2 is 1.69 bits per heavy atom. The number of hydrogen-bond acceptors (Lipinski definition) is 6. The second-order valence-corrected chi connectivity index (χ2v) is 13.2. The van der Waals surface area contributed by atoms with Crippen molar-refractivity contribution in [2.75, 3.05) is 15.5 Å². The van der Waals surface area contributed by atoms with Gasteiger partial charge in [-0.1, -0.05) is 42.5 Å². The van der Waals surface area contributed by atoms with Gasteiger partial charge in [0.15, 0.2) is 0 Å². The molecule has 0 fully saturated rings. The molecule has 3 amide bonds. The van der Waals surface area contributed by atoms with Crippen LogP contribution in [0.15, 0.2) is 112 Å². The van der Waals surface area contributed by atoms with Gasteiger partial charge in [-0.05, 0) is 61.5 Å². The standard InChI is InChI=1S/C28H26N4O4S3/c1-18(27(33)30-19-13-15-22(16-14-19)39(29,35)36)37-21-8-6-7-20(17-21)31-28(34)32-23-9-2-4-11-25(23)38-26-12-5-3-10-24(26)32/h2-18,23,25H,1H3,(H,30,33)(H,31,34)(H2,29,35,36). The predicted octanol–water partition coefficient (Wildman–Crippen LogP) is 5.46. The molecule has 39 heavy (non-hydrogen) atoms. The maximum atomic E-state index is 13.5. The van der Waals surface area contributed by atoms with E-state index in [1.807, 2.05) is 66.8 Å². The quantitative estimate of drug-likeness (QED) is 0.334. The number of nitrogens with zero attached hydrogens (tertiary/aromatic N) is 1. The summed E-state index contributed by atoms with van der Waals surface area (Å²) >= 11 is 3.09. The molecule has 0 aromatic heterocycles. The van der Waals surface area contributed by atoms with Gasteiger partial charge in [-0.15, -0.1) is 23.5 Å². The van der Waals surface area contributed by atoms with E-state index >= 15 is 0 Å². The van der Waals surface area contributed by atoms with Crippen LogP contribution in [0.3, 0.4) is 0 Å². The highest BCUT2D eigenvalue weighted by Crippen LogP contribution is 2.43. The molecule has 1 aliphatic carbocycles. The molecule has 4 N–H and O–H groups in total. The van der Waals surface area contributed by atoms with Crippen molar-refractivity contribution in [3.8, 4) is 0 Å². The third kappa shape index (κ3) is 6.22. The van der Waals surface area contributed by atoms with Gasteiger partial charge in [0.2, 0.25) is 15.9 Å². The maximum absolute atomic E-state index is 13.5. The van der Waals surface area contributed by atoms with Gasteiger partial charge >= 0.3 is 6.03 Å². The topological polar surface area (TPSA) is 122 Å². The van der Waals surface area contributed by atoms with Crippen molar-refractivity contribution in [3.05, 3.63) is 97.1 Å². The van der Waals surface area contributed by atoms with Crippen LogP contribution in [0.4, 0.5) is 21.9 Å². The number of primary sulfonamides is 1. The molecule has 200 valence electrons. The average Bonchev–Trinajstić information content (AvgIpc) is 2.91. The summed E-state index contributed by atoms with van der Waals surface area (Å²) in [6, 6.07) is 20.6. The number of sulfonamides is 1. The van der Waals surface area contributed by atoms with E-state index in [1.165, 1.54) is 36.0 Å². The van der Waals surface area contributed by atoms with Gasteiger partial charge < -0.3 is 10.6 Å². The monoisotopic (exact) mass is 578 g/mol. The van der Waals surface area contributed by atoms with Crippen LogP contribution in [0.1, 0.15) is 6.92 Å². The first-order valence-electron chi connectivity index (χ1n) is 12.1. The lowest BCUT2D eigenvalue weighted by Crippen LogP contribution is -2.49. The van der Waals surface area contributed by atoms with Gasteiger partial charge in [0.25, 0.3) is 0 Å². The summed E-state index contributed by atoms with van der Waals surface area (Å²) in [7, 11) is -3.80. The van der Waals surface area contributed by atoms with E-state index in [0.717, 1.165) is 15.5 Å². The Labute approximate surface area is 235 Å². The summed E-state index contributed by atoms with van der Waals surface area (Å²) in [5.41, 5.74) is 1.96. The number of urea groups is 1. The van der Waals surface area contributed by atoms with Crippen LogP contribution in [0.2, 0.25) is 0 Å². The largest absolute Gasteiger partial charge is 0.326 e. The first kappa shape index (κ1) is 27.1. The number of benzene rings is 3. The van der Waals surface area contributed by atoms with E-state index in [0.29, 0.717) is 11.4 Å². The Morgan fingerprint density at radius 1 is 0.949 bits per heavy atom. The van der Waals surface area contributed by atoms with Gasteiger partial charge in [0.1, 0.15) is 0 Å². The molecule has 3 atom stereocenters. The van der Waals surface area contributed by atoms with Gasteiger partial charge in [0.05, 0.1) is 27.1 Å². The van der Waals surface area contributed by atoms with Crippen molar-refractivity contribution in [1.82, 2.24) is 0 Å². The fourth-order valence-electron chi connectivity index (χ4n) is 4.29. The third-order valence-corrected chi connectivity index (χ3v) is 9.51. The van der Waals surface area contributed by atoms with E-state index < -0.39 is 15.3 Å². The number of carbonyl (C=O) groups excluding carboxylic acids is 2. The number of fused-ring (bicyclic) bond motifs is 2. The maximum Gasteiger partial charge on any atom is 0.326 e. The number of amides is 3. The Morgan fingerprint density at radius 3 is 2.46 bits per heavy atom. The van der Waals surface area contributed by atoms with Crippen LogP contribution >= 0.6 is 23.5 Å². The fourth-order valence-corrected chi connectivity index (χ4v) is 6.99. The summed E-state index contributed by atoms with van der Waals surface area (Å²) in [5, 5.41) is 10.6. The molecule has 3 aromatic carbocycles. The SMILES string of the molecule is CC(Sc1cccc(NC(=O)N2c3ccccc3SC3C=CC=CC32)c1)C(=O)Nc1ccc(S(N)(=O)=O)cc1. The molecule has 0 saturated heterocycles. The second-order valence-electron chi connectivity index (χ2n) is 8.96. The van der Waals surface area contributed by atoms with Crippen LogP contribution in [-0.2, 0) is 14.8 Å². The molecule has 5 rings (SSSR count). The van der Waals surface area contributed by atoms with Crippen molar-refractivity contribution in [3.63, 3.8) is 0 Å². The van der Waals surface area contributed by atoms with Gasteiger partial charge in [0, 0.05) is 21.2 Å². The molecule has 0 radical (unpaired) electrons. The molecule has 0 bridgehead atoms. The number of thioether (sulfide) groups is 2. The number of hydrogen-bond donors (Lipinski definition) is 3. The summed E-state index contributed by atoms with van der Waals surface area (Å²) in [6.07, 6.45) is 8.13. The number of nitrogens with one attached hydrogen (secondary N) is 2. The minimum absolute atomic E-state index is 0.0277. The van der Waals surface area contributed by atoms with Crippen LogP contribution in [-0.4, -0.2) is 36.9 Å². The zero-order valence-electron chi connectivity index (χ0n) is 20.9. The zero-order valence-corrected chi connectivity index (χ0v) is 23.3. The van der Waals surface area contributed by atoms with Crippen molar-refractivity contribution in [2.45, 2.75) is 38.2 Å². The van der Waals surface area contributed by atoms with Crippen molar-refractivity contribution in [1.29, 1.82) is 0 Å². The number of nitrogens with two attached hydrogens (primary N) is 1. The summed E-state index contributed by atoms with van der Waals surface area (Å²) in [6.45, 7) is 1.77. The van der Waals surface area contributed by atoms with E-state index in [-0.39, 0.29) is 28.1 Å². The lowest BCUT2D eigenvalue weighted by molar-refractivity contribution is -0.115. The smallest absolute Gasteiger partial charge is 0.325 e. The first-order chi connectivity index (χ1) is 18.7. The Balaban J connectivity index is 1.26. The highest BCUT2D eigenvalue weighted by Gasteiger charge is 2.36. The predicted molar refractivity (Wildman–Crippen MR) is 158 cm³/mol. The van der Waals surface area contributed by atoms with E-state index in [1.54, 1.807) is 23.6 Å². The molecule has 0 spiro atoms. The summed E-state index contributed by atoms with van der Waals surface area (Å²) in [5.74, 6) is -0.247. The molecular formula is C28H26N4O4S3. The summed E-state index contributed by atoms with van der Waals surface area (Å²) < 4.78 is 22.9. The molecule has 3 unspecified atom stereocenters.